The number of aliphatic hydroxyl groups excluding tert-OH is 1. The van der Waals surface area contributed by atoms with Gasteiger partial charge in [-0.2, -0.15) is 0 Å². The SMILES string of the molecule is CCOC(=O)C1=C(O)/C(=C/c2ccc(OCCOCCOCCOCCNC(=O)c3cc(NC(=O)Cc4ccc(C5=NCCN5)cc4)cc(NC(=O)Cc4ccc(C5=NCCN5)cc4)c3)c(O)c2)SC1=Nc1ccccc1. The standard InChI is InChI=1S/C57H60N8O11S/c1-2-75-57(71)51-52(69)48(77-56(51)65-43-6-4-3-5-7-43)31-39-12-17-47(46(66)30-39)76-29-28-74-27-26-73-25-24-72-23-22-62-55(70)42-34-44(63-49(67)32-37-8-13-40(14-9-37)53-58-18-19-59-53)36-45(35-42)64-50(68)33-38-10-15-41(16-11-38)54-60-20-21-61-54/h3-17,30-31,34-36,66,69H,2,18-29,32-33H2,1H3,(H,58,59)(H,60,61)(H,62,70)(H,63,67)(H,64,68)/b48-31-,65-56?. The maximum atomic E-state index is 13.4. The summed E-state index contributed by atoms with van der Waals surface area (Å²) in [5, 5.41) is 37.1. The van der Waals surface area contributed by atoms with Gasteiger partial charge in [-0.05, 0) is 72.2 Å². The number of aromatic hydroxyl groups is 1. The Morgan fingerprint density at radius 3 is 1.81 bits per heavy atom. The van der Waals surface area contributed by atoms with Crippen molar-refractivity contribution in [2.24, 2.45) is 15.0 Å². The number of nitrogens with one attached hydrogen (secondary N) is 5. The molecule has 3 amide bonds. The average Bonchev–Trinajstić information content (AvgIpc) is 4.23. The van der Waals surface area contributed by atoms with E-state index in [-0.39, 0.29) is 92.6 Å². The first-order chi connectivity index (χ1) is 37.6. The molecule has 0 radical (unpaired) electrons. The van der Waals surface area contributed by atoms with Crippen molar-refractivity contribution in [2.75, 3.05) is 96.2 Å². The van der Waals surface area contributed by atoms with Crippen molar-refractivity contribution >= 4 is 75.3 Å². The molecule has 0 aliphatic carbocycles. The Kier molecular flexibility index (Phi) is 20.0. The lowest BCUT2D eigenvalue weighted by Gasteiger charge is -2.13. The molecule has 3 aliphatic heterocycles. The minimum Gasteiger partial charge on any atom is -0.506 e. The Morgan fingerprint density at radius 2 is 1.26 bits per heavy atom. The van der Waals surface area contributed by atoms with Gasteiger partial charge in [0.2, 0.25) is 11.8 Å². The van der Waals surface area contributed by atoms with Crippen molar-refractivity contribution < 1.29 is 53.1 Å². The second-order valence-electron chi connectivity index (χ2n) is 17.4. The zero-order chi connectivity index (χ0) is 53.8. The third kappa shape index (κ3) is 16.3. The van der Waals surface area contributed by atoms with Gasteiger partial charge in [-0.3, -0.25) is 24.4 Å². The molecule has 0 bridgehead atoms. The summed E-state index contributed by atoms with van der Waals surface area (Å²) < 4.78 is 27.8. The average molecular weight is 1070 g/mol. The molecule has 3 aliphatic rings. The van der Waals surface area contributed by atoms with Crippen LogP contribution >= 0.6 is 11.8 Å². The van der Waals surface area contributed by atoms with E-state index in [1.165, 1.54) is 6.07 Å². The Balaban J connectivity index is 0.738. The van der Waals surface area contributed by atoms with Crippen LogP contribution in [0.4, 0.5) is 17.1 Å². The van der Waals surface area contributed by atoms with Crippen LogP contribution in [0.1, 0.15) is 45.1 Å². The van der Waals surface area contributed by atoms with E-state index in [9.17, 15) is 29.4 Å². The highest BCUT2D eigenvalue weighted by atomic mass is 32.2. The second-order valence-corrected chi connectivity index (χ2v) is 18.5. The number of amidine groups is 2. The molecule has 0 unspecified atom stereocenters. The summed E-state index contributed by atoms with van der Waals surface area (Å²) in [6.45, 7) is 6.81. The summed E-state index contributed by atoms with van der Waals surface area (Å²) in [6, 6.07) is 33.8. The molecule has 0 fully saturated rings. The van der Waals surface area contributed by atoms with Crippen LogP contribution in [0.2, 0.25) is 0 Å². The molecular weight excluding hydrogens is 1000 g/mol. The number of phenolic OH excluding ortho intramolecular Hbond substituents is 1. The van der Waals surface area contributed by atoms with Crippen molar-refractivity contribution in [2.45, 2.75) is 19.8 Å². The topological polar surface area (TPSA) is 252 Å². The van der Waals surface area contributed by atoms with Crippen LogP contribution < -0.4 is 31.3 Å². The number of rotatable bonds is 26. The maximum Gasteiger partial charge on any atom is 0.344 e. The first kappa shape index (κ1) is 54.9. The summed E-state index contributed by atoms with van der Waals surface area (Å²) >= 11 is 1.12. The van der Waals surface area contributed by atoms with Gasteiger partial charge in [0.15, 0.2) is 11.5 Å². The van der Waals surface area contributed by atoms with Gasteiger partial charge in [0.25, 0.3) is 5.91 Å². The molecule has 0 spiro atoms. The Labute approximate surface area is 449 Å². The molecule has 400 valence electrons. The molecular formula is C57H60N8O11S. The lowest BCUT2D eigenvalue weighted by atomic mass is 10.1. The second kappa shape index (κ2) is 28.0. The fraction of sp³-hybridized carbons (Fsp3) is 0.281. The Bertz CT molecular complexity index is 2950. The molecule has 20 heteroatoms. The van der Waals surface area contributed by atoms with E-state index in [4.69, 9.17) is 23.7 Å². The van der Waals surface area contributed by atoms with Crippen molar-refractivity contribution in [3.63, 3.8) is 0 Å². The van der Waals surface area contributed by atoms with E-state index in [0.717, 1.165) is 71.9 Å². The third-order valence-corrected chi connectivity index (χ3v) is 12.7. The number of hydrogen-bond acceptors (Lipinski definition) is 17. The van der Waals surface area contributed by atoms with Crippen LogP contribution in [-0.4, -0.2) is 136 Å². The van der Waals surface area contributed by atoms with E-state index in [2.05, 4.69) is 41.6 Å². The number of hydrogen-bond donors (Lipinski definition) is 7. The quantitative estimate of drug-likeness (QED) is 0.0231. The van der Waals surface area contributed by atoms with Crippen molar-refractivity contribution in [1.29, 1.82) is 0 Å². The van der Waals surface area contributed by atoms with Crippen LogP contribution in [-0.2, 0) is 46.2 Å². The maximum absolute atomic E-state index is 13.4. The van der Waals surface area contributed by atoms with Crippen molar-refractivity contribution in [1.82, 2.24) is 16.0 Å². The van der Waals surface area contributed by atoms with Crippen molar-refractivity contribution in [3.05, 3.63) is 165 Å². The van der Waals surface area contributed by atoms with Gasteiger partial charge in [-0.15, -0.1) is 0 Å². The van der Waals surface area contributed by atoms with Gasteiger partial charge in [0, 0.05) is 47.7 Å². The largest absolute Gasteiger partial charge is 0.506 e. The molecule has 19 nitrogen and oxygen atoms in total. The number of phenols is 1. The number of benzene rings is 5. The van der Waals surface area contributed by atoms with E-state index in [0.29, 0.717) is 52.4 Å². The predicted octanol–water partition coefficient (Wildman–Crippen LogP) is 6.51. The van der Waals surface area contributed by atoms with Gasteiger partial charge >= 0.3 is 5.97 Å². The normalized spacial score (nSPS) is 14.9. The number of carbonyl (C=O) groups excluding carboxylic acids is 4. The van der Waals surface area contributed by atoms with E-state index < -0.39 is 11.9 Å². The molecule has 3 heterocycles. The number of amides is 3. The van der Waals surface area contributed by atoms with Gasteiger partial charge in [0.1, 0.15) is 34.7 Å². The smallest absolute Gasteiger partial charge is 0.344 e. The summed E-state index contributed by atoms with van der Waals surface area (Å²) in [5.74, 6) is -0.163. The molecule has 77 heavy (non-hydrogen) atoms. The highest BCUT2D eigenvalue weighted by molar-refractivity contribution is 8.18. The number of aliphatic hydroxyl groups is 1. The van der Waals surface area contributed by atoms with E-state index in [1.54, 1.807) is 55.5 Å². The number of nitrogens with zero attached hydrogens (tertiary/aromatic N) is 3. The summed E-state index contributed by atoms with van der Waals surface area (Å²) in [5.41, 5.74) is 5.56. The van der Waals surface area contributed by atoms with Crippen LogP contribution in [0.25, 0.3) is 6.08 Å². The highest BCUT2D eigenvalue weighted by Gasteiger charge is 2.33. The van der Waals surface area contributed by atoms with Gasteiger partial charge in [-0.25, -0.2) is 9.79 Å². The number of carbonyl (C=O) groups is 4. The zero-order valence-electron chi connectivity index (χ0n) is 42.5. The van der Waals surface area contributed by atoms with Gasteiger partial charge in [0.05, 0.1) is 82.8 Å². The molecule has 5 aromatic carbocycles. The summed E-state index contributed by atoms with van der Waals surface area (Å²) in [7, 11) is 0. The Hall–Kier alpha value is -8.30. The summed E-state index contributed by atoms with van der Waals surface area (Å²) in [4.78, 5) is 66.5. The van der Waals surface area contributed by atoms with Gasteiger partial charge < -0.3 is 60.5 Å². The highest BCUT2D eigenvalue weighted by Crippen LogP contribution is 2.41. The van der Waals surface area contributed by atoms with E-state index in [1.807, 2.05) is 66.7 Å². The lowest BCUT2D eigenvalue weighted by molar-refractivity contribution is -0.138. The molecule has 0 aromatic heterocycles. The first-order valence-corrected chi connectivity index (χ1v) is 26.0. The van der Waals surface area contributed by atoms with Gasteiger partial charge in [-0.1, -0.05) is 84.6 Å². The minimum absolute atomic E-state index is 0.0241. The lowest BCUT2D eigenvalue weighted by Crippen LogP contribution is -2.28. The monoisotopic (exact) mass is 1060 g/mol. The fourth-order valence-electron chi connectivity index (χ4n) is 8.03. The summed E-state index contributed by atoms with van der Waals surface area (Å²) in [6.07, 6.45) is 1.82. The molecule has 0 atom stereocenters. The van der Waals surface area contributed by atoms with Crippen LogP contribution in [0, 0.1) is 0 Å². The third-order valence-electron chi connectivity index (χ3n) is 11.7. The minimum atomic E-state index is -0.683. The Morgan fingerprint density at radius 1 is 0.688 bits per heavy atom. The zero-order valence-corrected chi connectivity index (χ0v) is 43.3. The molecule has 0 saturated carbocycles. The predicted molar refractivity (Wildman–Crippen MR) is 297 cm³/mol. The van der Waals surface area contributed by atoms with Crippen LogP contribution in [0.5, 0.6) is 11.5 Å². The fourth-order valence-corrected chi connectivity index (χ4v) is 9.06. The number of thioether (sulfide) groups is 1. The molecule has 8 rings (SSSR count). The van der Waals surface area contributed by atoms with Crippen molar-refractivity contribution in [3.8, 4) is 11.5 Å². The number of para-hydroxylation sites is 1. The first-order valence-electron chi connectivity index (χ1n) is 25.2. The van der Waals surface area contributed by atoms with Crippen LogP contribution in [0.15, 0.2) is 146 Å². The molecule has 0 saturated heterocycles. The number of esters is 1. The van der Waals surface area contributed by atoms with Crippen LogP contribution in [0.3, 0.4) is 0 Å². The number of ether oxygens (including phenoxy) is 5. The van der Waals surface area contributed by atoms with E-state index >= 15 is 0 Å². The molecule has 7 N–H and O–H groups in total. The number of aliphatic imine (C=N–C) groups is 3. The number of anilines is 2. The molecule has 5 aromatic rings.